The Bertz CT molecular complexity index is 1010. The Morgan fingerprint density at radius 2 is 1.97 bits per heavy atom. The zero-order valence-corrected chi connectivity index (χ0v) is 16.9. The molecule has 30 heavy (non-hydrogen) atoms. The monoisotopic (exact) mass is 436 g/mol. The fourth-order valence-electron chi connectivity index (χ4n) is 3.39. The van der Waals surface area contributed by atoms with E-state index in [4.69, 9.17) is 4.52 Å². The second-order valence-corrected chi connectivity index (χ2v) is 7.83. The lowest BCUT2D eigenvalue weighted by atomic mass is 10.1. The van der Waals surface area contributed by atoms with E-state index in [9.17, 15) is 18.0 Å². The third-order valence-corrected chi connectivity index (χ3v) is 5.85. The van der Waals surface area contributed by atoms with Gasteiger partial charge in [0.25, 0.3) is 5.91 Å². The molecule has 3 heterocycles. The summed E-state index contributed by atoms with van der Waals surface area (Å²) in [5, 5.41) is 7.58. The lowest BCUT2D eigenvalue weighted by molar-refractivity contribution is -0.137. The largest absolute Gasteiger partial charge is 0.416 e. The van der Waals surface area contributed by atoms with Crippen LogP contribution in [0.1, 0.15) is 34.8 Å². The van der Waals surface area contributed by atoms with Crippen molar-refractivity contribution in [1.82, 2.24) is 19.9 Å². The van der Waals surface area contributed by atoms with Crippen molar-refractivity contribution >= 4 is 17.2 Å². The normalized spacial score (nSPS) is 16.6. The molecule has 1 aromatic carbocycles. The number of nitrogens with zero attached hydrogens (tertiary/aromatic N) is 4. The Kier molecular flexibility index (Phi) is 5.61. The van der Waals surface area contributed by atoms with Gasteiger partial charge in [0.2, 0.25) is 11.7 Å². The molecule has 0 N–H and O–H groups in total. The average Bonchev–Trinajstić information content (AvgIpc) is 3.45. The first-order valence-corrected chi connectivity index (χ1v) is 10.3. The van der Waals surface area contributed by atoms with Crippen LogP contribution in [0.2, 0.25) is 0 Å². The van der Waals surface area contributed by atoms with Crippen molar-refractivity contribution in [3.05, 3.63) is 58.1 Å². The molecule has 3 aromatic rings. The molecule has 0 bridgehead atoms. The predicted octanol–water partition coefficient (Wildman–Crippen LogP) is 4.34. The minimum absolute atomic E-state index is 0.0215. The molecule has 0 aliphatic carbocycles. The Balaban J connectivity index is 1.41. The average molecular weight is 436 g/mol. The molecule has 10 heteroatoms. The van der Waals surface area contributed by atoms with Crippen LogP contribution in [0.5, 0.6) is 0 Å². The minimum Gasteiger partial charge on any atom is -0.337 e. The molecule has 0 radical (unpaired) electrons. The summed E-state index contributed by atoms with van der Waals surface area (Å²) in [5.74, 6) is 0.474. The van der Waals surface area contributed by atoms with Gasteiger partial charge in [0, 0.05) is 37.1 Å². The van der Waals surface area contributed by atoms with Crippen molar-refractivity contribution in [2.24, 2.45) is 0 Å². The van der Waals surface area contributed by atoms with Gasteiger partial charge in [-0.2, -0.15) is 29.5 Å². The number of piperazine rings is 1. The molecule has 0 spiro atoms. The molecule has 1 atom stereocenters. The molecular formula is C20H19F3N4O2S. The molecule has 1 aliphatic rings. The van der Waals surface area contributed by atoms with Gasteiger partial charge in [-0.25, -0.2) is 0 Å². The number of aromatic nitrogens is 2. The molecule has 6 nitrogen and oxygen atoms in total. The van der Waals surface area contributed by atoms with Crippen LogP contribution in [0.4, 0.5) is 13.2 Å². The highest BCUT2D eigenvalue weighted by atomic mass is 32.1. The van der Waals surface area contributed by atoms with E-state index >= 15 is 0 Å². The van der Waals surface area contributed by atoms with Crippen LogP contribution in [0.15, 0.2) is 45.6 Å². The van der Waals surface area contributed by atoms with Crippen LogP contribution < -0.4 is 0 Å². The summed E-state index contributed by atoms with van der Waals surface area (Å²) < 4.78 is 44.1. The fourth-order valence-corrected chi connectivity index (χ4v) is 4.02. The van der Waals surface area contributed by atoms with Crippen molar-refractivity contribution < 1.29 is 22.5 Å². The molecule has 2 aromatic heterocycles. The molecule has 158 valence electrons. The van der Waals surface area contributed by atoms with E-state index < -0.39 is 11.7 Å². The number of alkyl halides is 3. The SMILES string of the molecule is C[C@@H](c1nc(-c2cccc(C(F)(F)F)c2)no1)N1CCN(C(=O)c2ccsc2)CC1. The Morgan fingerprint density at radius 1 is 1.20 bits per heavy atom. The van der Waals surface area contributed by atoms with Crippen LogP contribution in [0, 0.1) is 0 Å². The number of amides is 1. The standard InChI is InChI=1S/C20H19F3N4O2S/c1-13(26-6-8-27(9-7-26)19(28)15-5-10-30-12-15)18-24-17(25-29-18)14-3-2-4-16(11-14)20(21,22)23/h2-5,10-13H,6-9H2,1H3/t13-/m0/s1. The first kappa shape index (κ1) is 20.5. The van der Waals surface area contributed by atoms with Crippen LogP contribution >= 0.6 is 11.3 Å². The van der Waals surface area contributed by atoms with E-state index in [0.717, 1.165) is 12.1 Å². The molecule has 0 saturated carbocycles. The smallest absolute Gasteiger partial charge is 0.337 e. The van der Waals surface area contributed by atoms with Crippen LogP contribution in [-0.4, -0.2) is 52.0 Å². The lowest BCUT2D eigenvalue weighted by Gasteiger charge is -2.36. The van der Waals surface area contributed by atoms with Gasteiger partial charge < -0.3 is 9.42 Å². The Labute approximate surface area is 174 Å². The molecule has 4 rings (SSSR count). The van der Waals surface area contributed by atoms with E-state index in [2.05, 4.69) is 15.0 Å². The fraction of sp³-hybridized carbons (Fsp3) is 0.350. The van der Waals surface area contributed by atoms with Gasteiger partial charge >= 0.3 is 6.18 Å². The van der Waals surface area contributed by atoms with E-state index in [1.165, 1.54) is 23.5 Å². The van der Waals surface area contributed by atoms with Gasteiger partial charge in [-0.1, -0.05) is 17.3 Å². The number of rotatable bonds is 4. The van der Waals surface area contributed by atoms with Crippen molar-refractivity contribution in [1.29, 1.82) is 0 Å². The summed E-state index contributed by atoms with van der Waals surface area (Å²) in [7, 11) is 0. The zero-order chi connectivity index (χ0) is 21.3. The number of halogens is 3. The van der Waals surface area contributed by atoms with Crippen LogP contribution in [0.25, 0.3) is 11.4 Å². The third kappa shape index (κ3) is 4.24. The first-order chi connectivity index (χ1) is 14.3. The van der Waals surface area contributed by atoms with Gasteiger partial charge in [-0.3, -0.25) is 9.69 Å². The summed E-state index contributed by atoms with van der Waals surface area (Å²) in [6, 6.07) is 6.45. The second kappa shape index (κ2) is 8.19. The number of carbonyl (C=O) groups excluding carboxylic acids is 1. The zero-order valence-electron chi connectivity index (χ0n) is 16.1. The minimum atomic E-state index is -4.43. The Hall–Kier alpha value is -2.72. The lowest BCUT2D eigenvalue weighted by Crippen LogP contribution is -2.49. The molecule has 1 amide bonds. The predicted molar refractivity (Wildman–Crippen MR) is 105 cm³/mol. The van der Waals surface area contributed by atoms with Gasteiger partial charge in [0.15, 0.2) is 0 Å². The Morgan fingerprint density at radius 3 is 2.63 bits per heavy atom. The highest BCUT2D eigenvalue weighted by Crippen LogP contribution is 2.32. The van der Waals surface area contributed by atoms with E-state index in [0.29, 0.717) is 37.6 Å². The first-order valence-electron chi connectivity index (χ1n) is 9.39. The summed E-state index contributed by atoms with van der Waals surface area (Å²) in [6.07, 6.45) is -4.43. The van der Waals surface area contributed by atoms with Gasteiger partial charge in [-0.05, 0) is 30.5 Å². The topological polar surface area (TPSA) is 62.5 Å². The molecule has 1 aliphatic heterocycles. The van der Waals surface area contributed by atoms with Gasteiger partial charge in [0.05, 0.1) is 17.2 Å². The highest BCUT2D eigenvalue weighted by Gasteiger charge is 2.31. The van der Waals surface area contributed by atoms with Crippen molar-refractivity contribution in [2.75, 3.05) is 26.2 Å². The number of benzene rings is 1. The maximum absolute atomic E-state index is 12.9. The quantitative estimate of drug-likeness (QED) is 0.609. The molecular weight excluding hydrogens is 417 g/mol. The van der Waals surface area contributed by atoms with E-state index in [-0.39, 0.29) is 23.3 Å². The van der Waals surface area contributed by atoms with E-state index in [1.54, 1.807) is 0 Å². The van der Waals surface area contributed by atoms with Crippen molar-refractivity contribution in [2.45, 2.75) is 19.1 Å². The number of thiophene rings is 1. The number of carbonyl (C=O) groups is 1. The van der Waals surface area contributed by atoms with Gasteiger partial charge in [0.1, 0.15) is 0 Å². The van der Waals surface area contributed by atoms with Gasteiger partial charge in [-0.15, -0.1) is 0 Å². The molecule has 1 saturated heterocycles. The maximum atomic E-state index is 12.9. The third-order valence-electron chi connectivity index (χ3n) is 5.16. The summed E-state index contributed by atoms with van der Waals surface area (Å²) in [6.45, 7) is 4.33. The van der Waals surface area contributed by atoms with Crippen molar-refractivity contribution in [3.8, 4) is 11.4 Å². The van der Waals surface area contributed by atoms with Crippen LogP contribution in [-0.2, 0) is 6.18 Å². The highest BCUT2D eigenvalue weighted by molar-refractivity contribution is 7.08. The maximum Gasteiger partial charge on any atom is 0.416 e. The van der Waals surface area contributed by atoms with Crippen molar-refractivity contribution in [3.63, 3.8) is 0 Å². The molecule has 1 fully saturated rings. The van der Waals surface area contributed by atoms with E-state index in [1.807, 2.05) is 28.7 Å². The number of hydrogen-bond acceptors (Lipinski definition) is 6. The summed E-state index contributed by atoms with van der Waals surface area (Å²) in [5.41, 5.74) is 0.188. The molecule has 0 unspecified atom stereocenters. The second-order valence-electron chi connectivity index (χ2n) is 7.05. The number of hydrogen-bond donors (Lipinski definition) is 0. The summed E-state index contributed by atoms with van der Waals surface area (Å²) in [4.78, 5) is 20.7. The van der Waals surface area contributed by atoms with Crippen LogP contribution in [0.3, 0.4) is 0 Å². The summed E-state index contributed by atoms with van der Waals surface area (Å²) >= 11 is 1.49.